The van der Waals surface area contributed by atoms with Crippen LogP contribution in [0.2, 0.25) is 0 Å². The van der Waals surface area contributed by atoms with Crippen LogP contribution in [-0.4, -0.2) is 58.0 Å². The smallest absolute Gasteiger partial charge is 0.256 e. The van der Waals surface area contributed by atoms with Gasteiger partial charge >= 0.3 is 0 Å². The number of piperidine rings is 1. The summed E-state index contributed by atoms with van der Waals surface area (Å²) in [6, 6.07) is 0.355. The molecule has 26 heavy (non-hydrogen) atoms. The van der Waals surface area contributed by atoms with Crippen molar-refractivity contribution in [3.8, 4) is 0 Å². The van der Waals surface area contributed by atoms with E-state index < -0.39 is 0 Å². The second-order valence-electron chi connectivity index (χ2n) is 8.06. The van der Waals surface area contributed by atoms with Crippen molar-refractivity contribution in [2.75, 3.05) is 26.7 Å². The molecule has 3 rings (SSSR count). The molecule has 2 aliphatic heterocycles. The summed E-state index contributed by atoms with van der Waals surface area (Å²) >= 11 is 0. The molecule has 0 spiro atoms. The van der Waals surface area contributed by atoms with Gasteiger partial charge < -0.3 is 9.80 Å². The topological polar surface area (TPSA) is 58.4 Å². The van der Waals surface area contributed by atoms with E-state index in [9.17, 15) is 9.59 Å². The number of amides is 1. The summed E-state index contributed by atoms with van der Waals surface area (Å²) in [5, 5.41) is 0. The Morgan fingerprint density at radius 1 is 1.08 bits per heavy atom. The molecule has 2 saturated heterocycles. The van der Waals surface area contributed by atoms with Gasteiger partial charge in [0.15, 0.2) is 0 Å². The van der Waals surface area contributed by atoms with Gasteiger partial charge in [-0.15, -0.1) is 0 Å². The van der Waals surface area contributed by atoms with Crippen LogP contribution in [0, 0.1) is 19.8 Å². The van der Waals surface area contributed by atoms with Crippen LogP contribution in [0.5, 0.6) is 0 Å². The quantitative estimate of drug-likeness (QED) is 0.824. The molecule has 1 atom stereocenters. The molecule has 0 N–H and O–H groups in total. The summed E-state index contributed by atoms with van der Waals surface area (Å²) in [7, 11) is 1.96. The van der Waals surface area contributed by atoms with E-state index >= 15 is 0 Å². The molecule has 3 heterocycles. The third kappa shape index (κ3) is 4.34. The maximum absolute atomic E-state index is 12.4. The van der Waals surface area contributed by atoms with Gasteiger partial charge in [0.05, 0.1) is 6.33 Å². The van der Waals surface area contributed by atoms with Gasteiger partial charge in [-0.1, -0.05) is 6.42 Å². The number of carbonyl (C=O) groups is 1. The SMILES string of the molecule is Cc1ncn(CC2CCN(CC3CCCCC(=O)N3C)CC2)c(=O)c1C. The highest BCUT2D eigenvalue weighted by Gasteiger charge is 2.27. The van der Waals surface area contributed by atoms with E-state index in [1.165, 1.54) is 0 Å². The van der Waals surface area contributed by atoms with Gasteiger partial charge in [-0.25, -0.2) is 4.98 Å². The Bertz CT molecular complexity index is 692. The number of aromatic nitrogens is 2. The minimum absolute atomic E-state index is 0.0959. The Balaban J connectivity index is 1.52. The van der Waals surface area contributed by atoms with Crippen LogP contribution >= 0.6 is 0 Å². The average Bonchev–Trinajstić information content (AvgIpc) is 2.79. The lowest BCUT2D eigenvalue weighted by Crippen LogP contribution is -2.46. The molecule has 1 amide bonds. The summed E-state index contributed by atoms with van der Waals surface area (Å²) in [5.41, 5.74) is 1.67. The third-order valence-corrected chi connectivity index (χ3v) is 6.27. The van der Waals surface area contributed by atoms with E-state index in [1.54, 1.807) is 10.9 Å². The second-order valence-corrected chi connectivity index (χ2v) is 8.06. The maximum Gasteiger partial charge on any atom is 0.256 e. The summed E-state index contributed by atoms with van der Waals surface area (Å²) in [4.78, 5) is 33.2. The van der Waals surface area contributed by atoms with E-state index in [2.05, 4.69) is 9.88 Å². The van der Waals surface area contributed by atoms with E-state index in [-0.39, 0.29) is 5.56 Å². The second kappa shape index (κ2) is 8.33. The minimum Gasteiger partial charge on any atom is -0.341 e. The van der Waals surface area contributed by atoms with Crippen LogP contribution in [0.1, 0.15) is 49.8 Å². The number of hydrogen-bond acceptors (Lipinski definition) is 4. The van der Waals surface area contributed by atoms with Crippen LogP contribution in [0.3, 0.4) is 0 Å². The molecule has 0 radical (unpaired) electrons. The van der Waals surface area contributed by atoms with Crippen molar-refractivity contribution in [1.29, 1.82) is 0 Å². The fourth-order valence-corrected chi connectivity index (χ4v) is 4.18. The Morgan fingerprint density at radius 3 is 2.54 bits per heavy atom. The largest absolute Gasteiger partial charge is 0.341 e. The lowest BCUT2D eigenvalue weighted by atomic mass is 9.96. The Kier molecular flexibility index (Phi) is 6.12. The van der Waals surface area contributed by atoms with Crippen LogP contribution in [0.4, 0.5) is 0 Å². The van der Waals surface area contributed by atoms with Gasteiger partial charge in [0, 0.05) is 43.9 Å². The fourth-order valence-electron chi connectivity index (χ4n) is 4.18. The van der Waals surface area contributed by atoms with Gasteiger partial charge in [-0.05, 0) is 58.5 Å². The van der Waals surface area contributed by atoms with Crippen molar-refractivity contribution in [1.82, 2.24) is 19.4 Å². The molecule has 6 nitrogen and oxygen atoms in total. The molecule has 6 heteroatoms. The summed E-state index contributed by atoms with van der Waals surface area (Å²) in [6.45, 7) is 7.60. The molecule has 2 aliphatic rings. The van der Waals surface area contributed by atoms with Crippen molar-refractivity contribution in [3.63, 3.8) is 0 Å². The molecule has 1 unspecified atom stereocenters. The zero-order valence-electron chi connectivity index (χ0n) is 16.4. The first-order valence-corrected chi connectivity index (χ1v) is 9.96. The first-order valence-electron chi connectivity index (χ1n) is 9.96. The Hall–Kier alpha value is -1.69. The Labute approximate surface area is 156 Å². The summed E-state index contributed by atoms with van der Waals surface area (Å²) < 4.78 is 1.78. The fraction of sp³-hybridized carbons (Fsp3) is 0.750. The zero-order valence-corrected chi connectivity index (χ0v) is 16.4. The highest BCUT2D eigenvalue weighted by atomic mass is 16.2. The van der Waals surface area contributed by atoms with Gasteiger partial charge in [0.2, 0.25) is 5.91 Å². The van der Waals surface area contributed by atoms with Gasteiger partial charge in [-0.3, -0.25) is 14.2 Å². The number of rotatable bonds is 4. The molecular formula is C20H32N4O2. The molecule has 144 valence electrons. The first kappa shape index (κ1) is 19.1. The van der Waals surface area contributed by atoms with Crippen LogP contribution in [0.15, 0.2) is 11.1 Å². The molecule has 1 aromatic heterocycles. The highest BCUT2D eigenvalue weighted by Crippen LogP contribution is 2.22. The zero-order chi connectivity index (χ0) is 18.7. The number of aryl methyl sites for hydroxylation is 1. The van der Waals surface area contributed by atoms with E-state index in [0.717, 1.165) is 69.5 Å². The molecule has 1 aromatic rings. The lowest BCUT2D eigenvalue weighted by Gasteiger charge is -2.36. The number of likely N-dealkylation sites (N-methyl/N-ethyl adjacent to an activating group) is 1. The van der Waals surface area contributed by atoms with E-state index in [0.29, 0.717) is 24.3 Å². The van der Waals surface area contributed by atoms with Crippen molar-refractivity contribution < 1.29 is 4.79 Å². The standard InChI is InChI=1S/C20H32N4O2/c1-15-16(2)21-14-24(20(15)26)12-17-8-10-23(11-9-17)13-18-6-4-5-7-19(25)22(18)3/h14,17-18H,4-13H2,1-3H3. The van der Waals surface area contributed by atoms with Crippen molar-refractivity contribution in [3.05, 3.63) is 27.9 Å². The van der Waals surface area contributed by atoms with Crippen molar-refractivity contribution in [2.24, 2.45) is 5.92 Å². The number of carbonyl (C=O) groups excluding carboxylic acids is 1. The number of hydrogen-bond donors (Lipinski definition) is 0. The van der Waals surface area contributed by atoms with Crippen molar-refractivity contribution >= 4 is 5.91 Å². The minimum atomic E-state index is 0.0959. The molecule has 0 aliphatic carbocycles. The maximum atomic E-state index is 12.4. The van der Waals surface area contributed by atoms with Gasteiger partial charge in [-0.2, -0.15) is 0 Å². The van der Waals surface area contributed by atoms with E-state index in [4.69, 9.17) is 0 Å². The van der Waals surface area contributed by atoms with Crippen molar-refractivity contribution in [2.45, 2.75) is 65.0 Å². The molecule has 0 aromatic carbocycles. The Morgan fingerprint density at radius 2 is 1.81 bits per heavy atom. The van der Waals surface area contributed by atoms with Gasteiger partial charge in [0.25, 0.3) is 5.56 Å². The lowest BCUT2D eigenvalue weighted by molar-refractivity contribution is -0.131. The number of nitrogens with zero attached hydrogens (tertiary/aromatic N) is 4. The first-order chi connectivity index (χ1) is 12.5. The molecular weight excluding hydrogens is 328 g/mol. The predicted molar refractivity (Wildman–Crippen MR) is 102 cm³/mol. The average molecular weight is 361 g/mol. The molecule has 2 fully saturated rings. The predicted octanol–water partition coefficient (Wildman–Crippen LogP) is 1.97. The van der Waals surface area contributed by atoms with Crippen LogP contribution in [-0.2, 0) is 11.3 Å². The molecule has 0 saturated carbocycles. The molecule has 0 bridgehead atoms. The van der Waals surface area contributed by atoms with Crippen LogP contribution < -0.4 is 5.56 Å². The van der Waals surface area contributed by atoms with E-state index in [1.807, 2.05) is 25.8 Å². The summed E-state index contributed by atoms with van der Waals surface area (Å²) in [6.07, 6.45) is 7.90. The van der Waals surface area contributed by atoms with Gasteiger partial charge in [0.1, 0.15) is 0 Å². The normalized spacial score (nSPS) is 23.3. The summed E-state index contributed by atoms with van der Waals surface area (Å²) in [5.74, 6) is 0.824. The number of likely N-dealkylation sites (tertiary alicyclic amines) is 2. The highest BCUT2D eigenvalue weighted by molar-refractivity contribution is 5.76. The third-order valence-electron chi connectivity index (χ3n) is 6.27. The van der Waals surface area contributed by atoms with Crippen LogP contribution in [0.25, 0.3) is 0 Å². The monoisotopic (exact) mass is 360 g/mol.